The summed E-state index contributed by atoms with van der Waals surface area (Å²) in [7, 11) is 0. The number of rotatable bonds is 3. The first kappa shape index (κ1) is 13.8. The molecule has 1 N–H and O–H groups in total. The van der Waals surface area contributed by atoms with Crippen molar-refractivity contribution in [3.63, 3.8) is 0 Å². The maximum atomic E-state index is 13.6. The molecule has 1 atom stereocenters. The van der Waals surface area contributed by atoms with E-state index in [-0.39, 0.29) is 24.2 Å². The van der Waals surface area contributed by atoms with Gasteiger partial charge in [0.2, 0.25) is 5.91 Å². The molecule has 0 unspecified atom stereocenters. The third kappa shape index (κ3) is 3.13. The third-order valence-electron chi connectivity index (χ3n) is 4.01. The van der Waals surface area contributed by atoms with Gasteiger partial charge in [-0.15, -0.1) is 0 Å². The van der Waals surface area contributed by atoms with Gasteiger partial charge >= 0.3 is 0 Å². The molecular formula is C18H18FNO. The minimum Gasteiger partial charge on any atom is -0.349 e. The molecule has 0 saturated heterocycles. The van der Waals surface area contributed by atoms with Crippen LogP contribution in [0.1, 0.15) is 35.6 Å². The average molecular weight is 283 g/mol. The molecule has 3 rings (SSSR count). The van der Waals surface area contributed by atoms with Crippen molar-refractivity contribution in [2.24, 2.45) is 0 Å². The van der Waals surface area contributed by atoms with Gasteiger partial charge in [-0.1, -0.05) is 42.5 Å². The predicted molar refractivity (Wildman–Crippen MR) is 80.4 cm³/mol. The van der Waals surface area contributed by atoms with Gasteiger partial charge in [0.05, 0.1) is 12.5 Å². The molecule has 0 saturated carbocycles. The lowest BCUT2D eigenvalue weighted by molar-refractivity contribution is -0.121. The topological polar surface area (TPSA) is 29.1 Å². The zero-order valence-electron chi connectivity index (χ0n) is 11.8. The Morgan fingerprint density at radius 1 is 1.14 bits per heavy atom. The maximum absolute atomic E-state index is 13.6. The van der Waals surface area contributed by atoms with Crippen LogP contribution in [-0.2, 0) is 17.6 Å². The first-order valence-corrected chi connectivity index (χ1v) is 7.34. The van der Waals surface area contributed by atoms with Crippen LogP contribution in [0, 0.1) is 5.82 Å². The lowest BCUT2D eigenvalue weighted by Crippen LogP contribution is -2.32. The Balaban J connectivity index is 1.70. The summed E-state index contributed by atoms with van der Waals surface area (Å²) in [6, 6.07) is 14.7. The summed E-state index contributed by atoms with van der Waals surface area (Å²) in [5, 5.41) is 3.05. The lowest BCUT2D eigenvalue weighted by atomic mass is 9.87. The van der Waals surface area contributed by atoms with Gasteiger partial charge in [0.25, 0.3) is 0 Å². The molecule has 1 aliphatic rings. The Kier molecular flexibility index (Phi) is 4.00. The van der Waals surface area contributed by atoms with Crippen LogP contribution in [0.15, 0.2) is 48.5 Å². The van der Waals surface area contributed by atoms with Crippen molar-refractivity contribution in [2.75, 3.05) is 0 Å². The molecule has 0 aromatic heterocycles. The molecule has 0 radical (unpaired) electrons. The predicted octanol–water partition coefficient (Wildman–Crippen LogP) is 3.56. The summed E-state index contributed by atoms with van der Waals surface area (Å²) in [6.07, 6.45) is 3.17. The molecule has 2 aromatic rings. The normalized spacial score (nSPS) is 17.1. The molecule has 1 amide bonds. The quantitative estimate of drug-likeness (QED) is 0.917. The molecule has 0 spiro atoms. The van der Waals surface area contributed by atoms with Gasteiger partial charge in [0.15, 0.2) is 0 Å². The highest BCUT2D eigenvalue weighted by Gasteiger charge is 2.21. The van der Waals surface area contributed by atoms with Crippen molar-refractivity contribution < 1.29 is 9.18 Å². The van der Waals surface area contributed by atoms with Crippen LogP contribution in [0.3, 0.4) is 0 Å². The second-order valence-electron chi connectivity index (χ2n) is 5.48. The summed E-state index contributed by atoms with van der Waals surface area (Å²) in [5.41, 5.74) is 2.95. The van der Waals surface area contributed by atoms with E-state index in [9.17, 15) is 9.18 Å². The van der Waals surface area contributed by atoms with Crippen molar-refractivity contribution in [3.05, 3.63) is 71.0 Å². The van der Waals surface area contributed by atoms with Crippen molar-refractivity contribution >= 4 is 5.91 Å². The van der Waals surface area contributed by atoms with Crippen LogP contribution >= 0.6 is 0 Å². The smallest absolute Gasteiger partial charge is 0.225 e. The van der Waals surface area contributed by atoms with E-state index in [1.807, 2.05) is 12.1 Å². The van der Waals surface area contributed by atoms with E-state index in [0.29, 0.717) is 5.56 Å². The summed E-state index contributed by atoms with van der Waals surface area (Å²) >= 11 is 0. The molecule has 21 heavy (non-hydrogen) atoms. The van der Waals surface area contributed by atoms with E-state index in [0.717, 1.165) is 19.3 Å². The Bertz CT molecular complexity index is 653. The second kappa shape index (κ2) is 6.08. The fourth-order valence-electron chi connectivity index (χ4n) is 2.96. The van der Waals surface area contributed by atoms with Crippen molar-refractivity contribution in [1.29, 1.82) is 0 Å². The summed E-state index contributed by atoms with van der Waals surface area (Å²) in [6.45, 7) is 0. The molecule has 2 aromatic carbocycles. The monoisotopic (exact) mass is 283 g/mol. The highest BCUT2D eigenvalue weighted by atomic mass is 19.1. The van der Waals surface area contributed by atoms with Gasteiger partial charge in [0.1, 0.15) is 5.82 Å². The van der Waals surface area contributed by atoms with E-state index >= 15 is 0 Å². The highest BCUT2D eigenvalue weighted by Crippen LogP contribution is 2.29. The van der Waals surface area contributed by atoms with Crippen LogP contribution in [0.25, 0.3) is 0 Å². The molecule has 2 nitrogen and oxygen atoms in total. The number of nitrogens with one attached hydrogen (secondary N) is 1. The van der Waals surface area contributed by atoms with E-state index < -0.39 is 0 Å². The standard InChI is InChI=1S/C18H18FNO/c19-16-10-4-2-7-14(16)12-18(21)20-17-11-5-8-13-6-1-3-9-15(13)17/h1-4,6-7,9-10,17H,5,8,11-12H2,(H,20,21)/t17-/m0/s1. The zero-order chi connectivity index (χ0) is 14.7. The van der Waals surface area contributed by atoms with E-state index in [4.69, 9.17) is 0 Å². The molecule has 0 bridgehead atoms. The summed E-state index contributed by atoms with van der Waals surface area (Å²) in [5.74, 6) is -0.446. The number of aryl methyl sites for hydroxylation is 1. The molecule has 108 valence electrons. The summed E-state index contributed by atoms with van der Waals surface area (Å²) in [4.78, 5) is 12.2. The molecule has 0 heterocycles. The molecule has 0 fully saturated rings. The van der Waals surface area contributed by atoms with Crippen molar-refractivity contribution in [2.45, 2.75) is 31.7 Å². The number of halogens is 1. The minimum atomic E-state index is -0.323. The van der Waals surface area contributed by atoms with Gasteiger partial charge in [-0.05, 0) is 42.0 Å². The van der Waals surface area contributed by atoms with Crippen LogP contribution in [0.2, 0.25) is 0 Å². The number of hydrogen-bond acceptors (Lipinski definition) is 1. The zero-order valence-corrected chi connectivity index (χ0v) is 11.8. The Hall–Kier alpha value is -2.16. The SMILES string of the molecule is O=C(Cc1ccccc1F)N[C@H]1CCCc2ccccc21. The Labute approximate surface area is 124 Å². The van der Waals surface area contributed by atoms with Gasteiger partial charge in [-0.2, -0.15) is 0 Å². The van der Waals surface area contributed by atoms with Gasteiger partial charge in [-0.25, -0.2) is 4.39 Å². The summed E-state index contributed by atoms with van der Waals surface area (Å²) < 4.78 is 13.6. The van der Waals surface area contributed by atoms with Crippen LogP contribution in [-0.4, -0.2) is 5.91 Å². The van der Waals surface area contributed by atoms with Gasteiger partial charge in [-0.3, -0.25) is 4.79 Å². The average Bonchev–Trinajstić information content (AvgIpc) is 2.50. The first-order valence-electron chi connectivity index (χ1n) is 7.34. The van der Waals surface area contributed by atoms with E-state index in [2.05, 4.69) is 17.4 Å². The van der Waals surface area contributed by atoms with Crippen LogP contribution in [0.5, 0.6) is 0 Å². The Morgan fingerprint density at radius 3 is 2.76 bits per heavy atom. The first-order chi connectivity index (χ1) is 10.2. The number of carbonyl (C=O) groups is 1. The Morgan fingerprint density at radius 2 is 1.90 bits per heavy atom. The molecule has 1 aliphatic carbocycles. The molecule has 3 heteroatoms. The lowest BCUT2D eigenvalue weighted by Gasteiger charge is -2.26. The minimum absolute atomic E-state index is 0.0502. The number of carbonyl (C=O) groups excluding carboxylic acids is 1. The number of hydrogen-bond donors (Lipinski definition) is 1. The molecule has 0 aliphatic heterocycles. The van der Waals surface area contributed by atoms with Crippen LogP contribution in [0.4, 0.5) is 4.39 Å². The van der Waals surface area contributed by atoms with Gasteiger partial charge in [0, 0.05) is 0 Å². The largest absolute Gasteiger partial charge is 0.349 e. The van der Waals surface area contributed by atoms with E-state index in [1.165, 1.54) is 17.2 Å². The highest BCUT2D eigenvalue weighted by molar-refractivity contribution is 5.79. The van der Waals surface area contributed by atoms with Crippen LogP contribution < -0.4 is 5.32 Å². The number of amides is 1. The molecular weight excluding hydrogens is 265 g/mol. The van der Waals surface area contributed by atoms with Crippen molar-refractivity contribution in [3.8, 4) is 0 Å². The third-order valence-corrected chi connectivity index (χ3v) is 4.01. The fourth-order valence-corrected chi connectivity index (χ4v) is 2.96. The second-order valence-corrected chi connectivity index (χ2v) is 5.48. The maximum Gasteiger partial charge on any atom is 0.225 e. The fraction of sp³-hybridized carbons (Fsp3) is 0.278. The number of benzene rings is 2. The van der Waals surface area contributed by atoms with E-state index in [1.54, 1.807) is 18.2 Å². The number of fused-ring (bicyclic) bond motifs is 1. The van der Waals surface area contributed by atoms with Gasteiger partial charge < -0.3 is 5.32 Å². The van der Waals surface area contributed by atoms with Crippen molar-refractivity contribution in [1.82, 2.24) is 5.32 Å².